The fourth-order valence-electron chi connectivity index (χ4n) is 2.65. The third-order valence-electron chi connectivity index (χ3n) is 3.61. The van der Waals surface area contributed by atoms with E-state index < -0.39 is 7.41 Å². The number of hydrogen-bond donors (Lipinski definition) is 1. The molecular formula is C9H22NP. The van der Waals surface area contributed by atoms with Gasteiger partial charge >= 0.3 is 70.4 Å². The minimum absolute atomic E-state index is 0.910. The Morgan fingerprint density at radius 1 is 1.18 bits per heavy atom. The Bertz CT molecular complexity index is 120. The Hall–Kier alpha value is 0.390. The van der Waals surface area contributed by atoms with E-state index in [1.54, 1.807) is 0 Å². The molecule has 1 rings (SSSR count). The molecule has 1 saturated heterocycles. The molecule has 0 aromatic rings. The quantitative estimate of drug-likeness (QED) is 0.641. The molecule has 11 heavy (non-hydrogen) atoms. The maximum atomic E-state index is 6.43. The SMILES string of the molecule is CC[C@@H]1CC[C@@H](CC)[PH]1(C)N. The minimum atomic E-state index is -1.30. The first-order chi connectivity index (χ1) is 5.12. The van der Waals surface area contributed by atoms with E-state index in [2.05, 4.69) is 20.5 Å². The molecule has 68 valence electrons. The normalized spacial score (nSPS) is 38.9. The molecule has 0 spiro atoms. The van der Waals surface area contributed by atoms with Crippen molar-refractivity contribution in [2.75, 3.05) is 6.66 Å². The topological polar surface area (TPSA) is 26.0 Å². The summed E-state index contributed by atoms with van der Waals surface area (Å²) in [5, 5.41) is 0. The first-order valence-corrected chi connectivity index (χ1v) is 7.65. The van der Waals surface area contributed by atoms with Crippen LogP contribution in [-0.4, -0.2) is 18.0 Å². The van der Waals surface area contributed by atoms with Crippen molar-refractivity contribution in [2.24, 2.45) is 5.50 Å². The summed E-state index contributed by atoms with van der Waals surface area (Å²) in [5.74, 6) is 0. The molecule has 0 saturated carbocycles. The fourth-order valence-corrected chi connectivity index (χ4v) is 6.65. The van der Waals surface area contributed by atoms with Crippen LogP contribution in [0.15, 0.2) is 0 Å². The molecule has 0 aliphatic carbocycles. The van der Waals surface area contributed by atoms with Crippen LogP contribution < -0.4 is 5.50 Å². The second-order valence-corrected chi connectivity index (χ2v) is 8.52. The summed E-state index contributed by atoms with van der Waals surface area (Å²) in [4.78, 5) is 0. The Morgan fingerprint density at radius 2 is 1.55 bits per heavy atom. The third-order valence-corrected chi connectivity index (χ3v) is 8.52. The molecule has 1 heterocycles. The van der Waals surface area contributed by atoms with Crippen LogP contribution in [0, 0.1) is 0 Å². The van der Waals surface area contributed by atoms with Gasteiger partial charge in [0.25, 0.3) is 0 Å². The predicted octanol–water partition coefficient (Wildman–Crippen LogP) is 2.59. The van der Waals surface area contributed by atoms with Gasteiger partial charge in [0.05, 0.1) is 0 Å². The van der Waals surface area contributed by atoms with Gasteiger partial charge in [0.15, 0.2) is 0 Å². The average molecular weight is 175 g/mol. The van der Waals surface area contributed by atoms with Crippen molar-refractivity contribution < 1.29 is 0 Å². The Morgan fingerprint density at radius 3 is 1.73 bits per heavy atom. The first-order valence-electron chi connectivity index (χ1n) is 4.91. The van der Waals surface area contributed by atoms with Crippen molar-refractivity contribution in [3.8, 4) is 0 Å². The zero-order valence-corrected chi connectivity index (χ0v) is 9.06. The van der Waals surface area contributed by atoms with Gasteiger partial charge in [-0.2, -0.15) is 0 Å². The van der Waals surface area contributed by atoms with Crippen molar-refractivity contribution in [3.05, 3.63) is 0 Å². The van der Waals surface area contributed by atoms with Crippen LogP contribution in [0.1, 0.15) is 39.5 Å². The van der Waals surface area contributed by atoms with Gasteiger partial charge in [-0.1, -0.05) is 0 Å². The average Bonchev–Trinajstić information content (AvgIpc) is 2.24. The Kier molecular flexibility index (Phi) is 2.94. The number of rotatable bonds is 2. The second-order valence-electron chi connectivity index (χ2n) is 4.15. The molecular weight excluding hydrogens is 153 g/mol. The molecule has 0 unspecified atom stereocenters. The van der Waals surface area contributed by atoms with Crippen molar-refractivity contribution >= 4 is 7.41 Å². The van der Waals surface area contributed by atoms with Gasteiger partial charge in [-0.15, -0.1) is 0 Å². The van der Waals surface area contributed by atoms with Crippen LogP contribution >= 0.6 is 7.41 Å². The zero-order valence-electron chi connectivity index (χ0n) is 8.06. The molecule has 1 aliphatic rings. The predicted molar refractivity (Wildman–Crippen MR) is 55.8 cm³/mol. The van der Waals surface area contributed by atoms with E-state index in [-0.39, 0.29) is 0 Å². The molecule has 0 amide bonds. The molecule has 1 fully saturated rings. The van der Waals surface area contributed by atoms with Crippen molar-refractivity contribution in [1.82, 2.24) is 0 Å². The summed E-state index contributed by atoms with van der Waals surface area (Å²) in [6.45, 7) is 6.96. The van der Waals surface area contributed by atoms with Crippen molar-refractivity contribution in [1.29, 1.82) is 0 Å². The van der Waals surface area contributed by atoms with Gasteiger partial charge in [0, 0.05) is 0 Å². The third kappa shape index (κ3) is 1.60. The van der Waals surface area contributed by atoms with E-state index in [4.69, 9.17) is 5.50 Å². The Labute approximate surface area is 71.1 Å². The van der Waals surface area contributed by atoms with E-state index in [0.29, 0.717) is 0 Å². The van der Waals surface area contributed by atoms with Crippen LogP contribution in [0.5, 0.6) is 0 Å². The molecule has 1 nitrogen and oxygen atoms in total. The summed E-state index contributed by atoms with van der Waals surface area (Å²) < 4.78 is 0. The van der Waals surface area contributed by atoms with E-state index in [1.807, 2.05) is 0 Å². The van der Waals surface area contributed by atoms with Crippen LogP contribution in [0.4, 0.5) is 0 Å². The van der Waals surface area contributed by atoms with E-state index >= 15 is 0 Å². The number of hydrogen-bond acceptors (Lipinski definition) is 1. The molecule has 2 atom stereocenters. The van der Waals surface area contributed by atoms with Crippen LogP contribution in [0.2, 0.25) is 0 Å². The summed E-state index contributed by atoms with van der Waals surface area (Å²) in [6, 6.07) is 0. The maximum absolute atomic E-state index is 6.43. The summed E-state index contributed by atoms with van der Waals surface area (Å²) >= 11 is 0. The van der Waals surface area contributed by atoms with Crippen LogP contribution in [0.3, 0.4) is 0 Å². The molecule has 0 radical (unpaired) electrons. The van der Waals surface area contributed by atoms with E-state index in [9.17, 15) is 0 Å². The summed E-state index contributed by atoms with van der Waals surface area (Å²) in [6.07, 6.45) is 5.45. The van der Waals surface area contributed by atoms with Gasteiger partial charge in [-0.05, 0) is 0 Å². The van der Waals surface area contributed by atoms with Gasteiger partial charge in [-0.3, -0.25) is 0 Å². The molecule has 0 aromatic heterocycles. The van der Waals surface area contributed by atoms with Crippen molar-refractivity contribution in [3.63, 3.8) is 0 Å². The van der Waals surface area contributed by atoms with Gasteiger partial charge in [0.1, 0.15) is 0 Å². The van der Waals surface area contributed by atoms with Gasteiger partial charge < -0.3 is 0 Å². The fraction of sp³-hybridized carbons (Fsp3) is 1.00. The van der Waals surface area contributed by atoms with Crippen molar-refractivity contribution in [2.45, 2.75) is 50.8 Å². The molecule has 2 heteroatoms. The first kappa shape index (κ1) is 9.48. The van der Waals surface area contributed by atoms with Gasteiger partial charge in [-0.25, -0.2) is 0 Å². The van der Waals surface area contributed by atoms with Gasteiger partial charge in [0.2, 0.25) is 0 Å². The number of nitrogens with two attached hydrogens (primary N) is 1. The summed E-state index contributed by atoms with van der Waals surface area (Å²) in [5.41, 5.74) is 8.25. The zero-order chi connectivity index (χ0) is 8.48. The second kappa shape index (κ2) is 3.41. The molecule has 2 N–H and O–H groups in total. The monoisotopic (exact) mass is 175 g/mol. The Balaban J connectivity index is 2.64. The van der Waals surface area contributed by atoms with E-state index in [0.717, 1.165) is 11.3 Å². The molecule has 1 aliphatic heterocycles. The molecule has 0 bridgehead atoms. The summed E-state index contributed by atoms with van der Waals surface area (Å²) in [7, 11) is -1.30. The molecule has 0 aromatic carbocycles. The van der Waals surface area contributed by atoms with E-state index in [1.165, 1.54) is 25.7 Å². The standard InChI is InChI=1S/C9H22NP/c1-4-8-6-7-9(5-2)11(8,3)10/h8-9,11H,4-7,10H2,1-3H3/t8-,9-/m1/s1. The van der Waals surface area contributed by atoms with Crippen LogP contribution in [0.25, 0.3) is 0 Å². The van der Waals surface area contributed by atoms with Crippen LogP contribution in [-0.2, 0) is 0 Å².